The molecule has 8 bridgehead atoms. The van der Waals surface area contributed by atoms with Crippen LogP contribution in [0.25, 0.3) is 90.9 Å². The molecule has 0 radical (unpaired) electrons. The van der Waals surface area contributed by atoms with Crippen molar-refractivity contribution in [2.75, 3.05) is 6.54 Å². The van der Waals surface area contributed by atoms with Crippen LogP contribution >= 0.6 is 11.8 Å². The minimum Gasteiger partial charge on any atom is -0.657 e. The maximum absolute atomic E-state index is 12.5. The molecular formula is C56H51N5OSZn. The number of aromatic nitrogens is 4. The van der Waals surface area contributed by atoms with E-state index in [2.05, 4.69) is 165 Å². The number of fused-ring (bicyclic) bond motifs is 8. The van der Waals surface area contributed by atoms with Crippen LogP contribution in [0.4, 0.5) is 4.79 Å². The predicted molar refractivity (Wildman–Crippen MR) is 266 cm³/mol. The molecule has 0 saturated heterocycles. The van der Waals surface area contributed by atoms with Crippen LogP contribution in [0.1, 0.15) is 79.8 Å². The Morgan fingerprint density at radius 3 is 1.11 bits per heavy atom. The Morgan fingerprint density at radius 1 is 0.469 bits per heavy atom. The van der Waals surface area contributed by atoms with Crippen LogP contribution in [-0.4, -0.2) is 21.8 Å². The number of aryl methyl sites for hydroxylation is 9. The number of hydrogen-bond acceptors (Lipinski definition) is 4. The van der Waals surface area contributed by atoms with Gasteiger partial charge in [0.25, 0.3) is 5.24 Å². The van der Waals surface area contributed by atoms with E-state index in [9.17, 15) is 4.79 Å². The van der Waals surface area contributed by atoms with Crippen LogP contribution in [0.3, 0.4) is 0 Å². The van der Waals surface area contributed by atoms with Crippen molar-refractivity contribution in [3.63, 3.8) is 0 Å². The summed E-state index contributed by atoms with van der Waals surface area (Å²) < 4.78 is 0. The third kappa shape index (κ3) is 8.26. The van der Waals surface area contributed by atoms with Gasteiger partial charge >= 0.3 is 19.5 Å². The van der Waals surface area contributed by atoms with E-state index in [0.29, 0.717) is 6.54 Å². The van der Waals surface area contributed by atoms with Crippen LogP contribution in [0.2, 0.25) is 0 Å². The van der Waals surface area contributed by atoms with Gasteiger partial charge in [0.2, 0.25) is 0 Å². The molecule has 7 aromatic rings. The second-order valence-corrected chi connectivity index (χ2v) is 18.2. The molecule has 3 aromatic heterocycles. The molecule has 6 nitrogen and oxygen atoms in total. The van der Waals surface area contributed by atoms with Crippen LogP contribution in [-0.2, 0) is 19.5 Å². The van der Waals surface area contributed by atoms with Gasteiger partial charge in [-0.05, 0) is 195 Å². The predicted octanol–water partition coefficient (Wildman–Crippen LogP) is 14.2. The first-order valence-corrected chi connectivity index (χ1v) is 22.5. The zero-order chi connectivity index (χ0) is 44.3. The van der Waals surface area contributed by atoms with Crippen molar-refractivity contribution in [1.29, 1.82) is 0 Å². The second kappa shape index (κ2) is 17.8. The molecule has 9 rings (SSSR count). The molecule has 0 unspecified atom stereocenters. The zero-order valence-corrected chi connectivity index (χ0v) is 42.2. The van der Waals surface area contributed by atoms with Gasteiger partial charge in [0.05, 0.1) is 22.8 Å². The molecule has 0 fully saturated rings. The molecule has 0 atom stereocenters. The standard InChI is InChI=1S/C56H52N5OS.Zn/c1-11-57-56(62)63-40-14-12-39(13-15-40)52-41-16-18-43(58-41)53(49-33(5)24-30(2)25-34(49)6)45-20-22-47(60-45)55(51-37(9)28-32(4)29-38(51)10)48-23-21-46(61-48)54(44-19-17-42(52)59-44)50-35(7)26-31(3)27-36(50)8;/h12-29H,11H2,1-10H3,(H2-,57,58,59,60,61,62);/q-1;+2/p-1. The number of nitrogens with one attached hydrogen (secondary N) is 1. The number of benzene rings is 4. The van der Waals surface area contributed by atoms with Crippen LogP contribution < -0.4 is 15.3 Å². The van der Waals surface area contributed by atoms with Gasteiger partial charge in [-0.2, -0.15) is 0 Å². The molecule has 8 heteroatoms. The van der Waals surface area contributed by atoms with E-state index in [4.69, 9.17) is 19.9 Å². The van der Waals surface area contributed by atoms with Crippen molar-refractivity contribution in [3.8, 4) is 44.5 Å². The molecule has 0 aliphatic carbocycles. The van der Waals surface area contributed by atoms with Crippen molar-refractivity contribution < 1.29 is 24.3 Å². The van der Waals surface area contributed by atoms with Gasteiger partial charge in [-0.3, -0.25) is 4.79 Å². The van der Waals surface area contributed by atoms with E-state index in [1.807, 2.05) is 19.1 Å². The fraction of sp³-hybridized carbons (Fsp3) is 0.196. The summed E-state index contributed by atoms with van der Waals surface area (Å²) in [6, 6.07) is 30.1. The van der Waals surface area contributed by atoms with Crippen molar-refractivity contribution >= 4 is 63.4 Å². The Hall–Kier alpha value is -6.08. The molecule has 1 N–H and O–H groups in total. The quantitative estimate of drug-likeness (QED) is 0.132. The maximum Gasteiger partial charge on any atom is 2.00 e. The summed E-state index contributed by atoms with van der Waals surface area (Å²) >= 11 is 1.19. The van der Waals surface area contributed by atoms with Crippen molar-refractivity contribution in [2.24, 2.45) is 0 Å². The van der Waals surface area contributed by atoms with E-state index in [1.165, 1.54) is 61.8 Å². The number of nitrogens with zero attached hydrogens (tertiary/aromatic N) is 4. The van der Waals surface area contributed by atoms with Gasteiger partial charge in [-0.1, -0.05) is 89.5 Å². The summed E-state index contributed by atoms with van der Waals surface area (Å²) in [7, 11) is 0. The SMILES string of the molecule is CCNC(=O)Sc1ccc(-c2c3nc(c(-c4c(C)cc(C)cc4C)c4ccc([n-]4)c(-c4c(C)cc(C)cc4C)c4nc(c(-c5c(C)cc(C)cc5C)c5ccc2[n-]5)C=C4)C=C3)cc1.[Zn+2]. The van der Waals surface area contributed by atoms with E-state index in [0.717, 1.165) is 94.2 Å². The fourth-order valence-corrected chi connectivity index (χ4v) is 10.6. The first-order valence-electron chi connectivity index (χ1n) is 21.6. The molecule has 5 heterocycles. The minimum absolute atomic E-state index is 0. The first kappa shape index (κ1) is 44.5. The number of amides is 1. The Labute approximate surface area is 393 Å². The van der Waals surface area contributed by atoms with Crippen molar-refractivity contribution in [3.05, 3.63) is 158 Å². The van der Waals surface area contributed by atoms with Gasteiger partial charge in [0.1, 0.15) is 0 Å². The van der Waals surface area contributed by atoms with Gasteiger partial charge in [0.15, 0.2) is 0 Å². The van der Waals surface area contributed by atoms with Crippen LogP contribution in [0.5, 0.6) is 0 Å². The normalized spacial score (nSPS) is 11.8. The minimum atomic E-state index is -0.0794. The number of hydrogen-bond donors (Lipinski definition) is 1. The molecule has 314 valence electrons. The fourth-order valence-electron chi connectivity index (χ4n) is 9.85. The molecule has 2 aliphatic rings. The average Bonchev–Trinajstić information content (AvgIpc) is 4.06. The van der Waals surface area contributed by atoms with Gasteiger partial charge in [-0.25, -0.2) is 9.97 Å². The third-order valence-corrected chi connectivity index (χ3v) is 12.9. The zero-order valence-electron chi connectivity index (χ0n) is 38.4. The number of carbonyl (C=O) groups is 1. The first-order chi connectivity index (χ1) is 30.3. The second-order valence-electron chi connectivity index (χ2n) is 17.1. The van der Waals surface area contributed by atoms with Crippen LogP contribution in [0, 0.1) is 62.3 Å². The summed E-state index contributed by atoms with van der Waals surface area (Å²) in [6.07, 6.45) is 8.53. The largest absolute Gasteiger partial charge is 2.00 e. The molecule has 2 aliphatic heterocycles. The summed E-state index contributed by atoms with van der Waals surface area (Å²) in [5.74, 6) is 0. The third-order valence-electron chi connectivity index (χ3n) is 12.1. The Balaban J connectivity index is 0.00000560. The molecule has 0 saturated carbocycles. The molecular weight excluding hydrogens is 856 g/mol. The summed E-state index contributed by atoms with van der Waals surface area (Å²) in [4.78, 5) is 35.6. The Bertz CT molecular complexity index is 3150. The average molecular weight is 908 g/mol. The number of carbonyl (C=O) groups excluding carboxylic acids is 1. The van der Waals surface area contributed by atoms with E-state index in [-0.39, 0.29) is 24.7 Å². The Kier molecular flexibility index (Phi) is 12.4. The van der Waals surface area contributed by atoms with Crippen LogP contribution in [0.15, 0.2) is 89.8 Å². The maximum atomic E-state index is 12.5. The van der Waals surface area contributed by atoms with E-state index < -0.39 is 0 Å². The van der Waals surface area contributed by atoms with Gasteiger partial charge in [0, 0.05) is 11.4 Å². The summed E-state index contributed by atoms with van der Waals surface area (Å²) in [5.41, 5.74) is 25.6. The molecule has 0 spiro atoms. The summed E-state index contributed by atoms with van der Waals surface area (Å²) in [6.45, 7) is 22.0. The van der Waals surface area contributed by atoms with Gasteiger partial charge in [-0.15, -0.1) is 22.1 Å². The van der Waals surface area contributed by atoms with E-state index in [1.54, 1.807) is 0 Å². The number of rotatable bonds is 6. The molecule has 64 heavy (non-hydrogen) atoms. The van der Waals surface area contributed by atoms with Gasteiger partial charge < -0.3 is 15.3 Å². The topological polar surface area (TPSA) is 83.1 Å². The smallest absolute Gasteiger partial charge is 0.657 e. The summed E-state index contributed by atoms with van der Waals surface area (Å²) in [5, 5.41) is 2.81. The Morgan fingerprint density at radius 2 is 0.781 bits per heavy atom. The molecule has 1 amide bonds. The monoisotopic (exact) mass is 905 g/mol. The number of thioether (sulfide) groups is 1. The van der Waals surface area contributed by atoms with E-state index >= 15 is 0 Å². The molecule has 4 aromatic carbocycles. The van der Waals surface area contributed by atoms with Crippen molar-refractivity contribution in [2.45, 2.75) is 74.1 Å². The van der Waals surface area contributed by atoms with Crippen molar-refractivity contribution in [1.82, 2.24) is 25.3 Å².